The molecule has 8 bridgehead atoms. The van der Waals surface area contributed by atoms with Gasteiger partial charge in [0.1, 0.15) is 0 Å². The summed E-state index contributed by atoms with van der Waals surface area (Å²) in [4.78, 5) is 0. The second-order valence-electron chi connectivity index (χ2n) is 18.0. The van der Waals surface area contributed by atoms with Crippen molar-refractivity contribution in [2.24, 2.45) is 29.1 Å². The average Bonchev–Trinajstić information content (AvgIpc) is 3.06. The zero-order chi connectivity index (χ0) is 31.0. The predicted molar refractivity (Wildman–Crippen MR) is 203 cm³/mol. The van der Waals surface area contributed by atoms with Crippen LogP contribution in [0.1, 0.15) is 95.1 Å². The molecule has 4 atom stereocenters. The molecule has 5 aromatic carbocycles. The van der Waals surface area contributed by atoms with Crippen molar-refractivity contribution in [3.63, 3.8) is 0 Å². The van der Waals surface area contributed by atoms with Crippen LogP contribution in [-0.4, -0.2) is 0 Å². The van der Waals surface area contributed by atoms with Crippen molar-refractivity contribution < 1.29 is 32.7 Å². The Labute approximate surface area is 319 Å². The Bertz CT molecular complexity index is 1940. The predicted octanol–water partition coefficient (Wildman–Crippen LogP) is 13.1. The van der Waals surface area contributed by atoms with E-state index in [4.69, 9.17) is 0 Å². The Morgan fingerprint density at radius 3 is 1.35 bits per heavy atom. The maximum absolute atomic E-state index is 2.60. The van der Waals surface area contributed by atoms with E-state index in [-0.39, 0.29) is 40.1 Å². The van der Waals surface area contributed by atoms with Crippen molar-refractivity contribution in [3.05, 3.63) is 122 Å². The van der Waals surface area contributed by atoms with E-state index in [0.717, 1.165) is 23.7 Å². The van der Waals surface area contributed by atoms with Crippen molar-refractivity contribution in [2.45, 2.75) is 94.8 Å². The van der Waals surface area contributed by atoms with E-state index in [0.29, 0.717) is 16.2 Å². The Morgan fingerprint density at radius 2 is 0.918 bits per heavy atom. The molecule has 1 heteroatoms. The summed E-state index contributed by atoms with van der Waals surface area (Å²) in [6, 6.07) is 38.4. The van der Waals surface area contributed by atoms with Crippen LogP contribution in [0, 0.1) is 42.4 Å². The standard InChI is InChI=1S/C47H47.CH3.Y/c1-45-22-33-21-34(23-45)28-47(27-33,29-45)38-16-12-36(13-17-38)44-41-8-4-2-6-39(41)43(40-7-3-5-9-42(40)44)35-10-14-37(15-11-35)46-24-30-18-31(25-46)20-32(19-30)26-46;;/h2-17,30-31,33-34H,18-29H2,1H3;1H3;/q2*-1;. The first-order chi connectivity index (χ1) is 22.9. The molecule has 0 saturated heterocycles. The van der Waals surface area contributed by atoms with Crippen LogP contribution in [0.3, 0.4) is 0 Å². The molecule has 0 N–H and O–H groups in total. The Hall–Kier alpha value is -2.28. The molecule has 8 aliphatic carbocycles. The molecule has 8 saturated carbocycles. The number of hydrogen-bond acceptors (Lipinski definition) is 0. The first-order valence-electron chi connectivity index (χ1n) is 18.9. The molecule has 1 radical (unpaired) electrons. The number of benzene rings is 5. The van der Waals surface area contributed by atoms with Crippen LogP contribution in [0.4, 0.5) is 0 Å². The van der Waals surface area contributed by atoms with Crippen LogP contribution >= 0.6 is 0 Å². The number of rotatable bonds is 4. The molecular weight excluding hydrogens is 665 g/mol. The Kier molecular flexibility index (Phi) is 7.73. The molecular formula is C48H50Y-2. The molecule has 0 amide bonds. The van der Waals surface area contributed by atoms with Gasteiger partial charge in [-0.2, -0.15) is 19.3 Å². The molecule has 13 rings (SSSR count). The molecule has 0 spiro atoms. The maximum Gasteiger partial charge on any atom is 0 e. The van der Waals surface area contributed by atoms with Crippen molar-refractivity contribution in [1.29, 1.82) is 0 Å². The first-order valence-corrected chi connectivity index (χ1v) is 18.9. The third kappa shape index (κ3) is 4.96. The van der Waals surface area contributed by atoms with E-state index < -0.39 is 0 Å². The second kappa shape index (κ2) is 11.6. The summed E-state index contributed by atoms with van der Waals surface area (Å²) >= 11 is 0. The second-order valence-corrected chi connectivity index (χ2v) is 18.0. The van der Waals surface area contributed by atoms with Gasteiger partial charge < -0.3 is 13.3 Å². The van der Waals surface area contributed by atoms with Crippen molar-refractivity contribution in [3.8, 4) is 22.3 Å². The molecule has 4 unspecified atom stereocenters. The summed E-state index contributed by atoms with van der Waals surface area (Å²) in [6.45, 7) is 2.60. The fraction of sp³-hybridized carbons (Fsp3) is 0.417. The van der Waals surface area contributed by atoms with Gasteiger partial charge in [-0.05, 0) is 134 Å². The van der Waals surface area contributed by atoms with E-state index in [2.05, 4.69) is 104 Å². The van der Waals surface area contributed by atoms with Gasteiger partial charge in [-0.1, -0.05) is 122 Å². The molecule has 5 aromatic rings. The Morgan fingerprint density at radius 1 is 0.510 bits per heavy atom. The van der Waals surface area contributed by atoms with Crippen LogP contribution in [-0.2, 0) is 43.5 Å². The smallest absolute Gasteiger partial charge is 0 e. The van der Waals surface area contributed by atoms with Gasteiger partial charge in [0, 0.05) is 32.7 Å². The molecule has 8 aliphatic rings. The summed E-state index contributed by atoms with van der Waals surface area (Å²) in [7, 11) is 0. The molecule has 0 heterocycles. The topological polar surface area (TPSA) is 0 Å². The number of fused-ring (bicyclic) bond motifs is 2. The molecule has 8 fully saturated rings. The minimum absolute atomic E-state index is 0. The van der Waals surface area contributed by atoms with Gasteiger partial charge in [0.2, 0.25) is 0 Å². The zero-order valence-electron chi connectivity index (χ0n) is 29.6. The first kappa shape index (κ1) is 32.6. The molecule has 49 heavy (non-hydrogen) atoms. The average molecular weight is 716 g/mol. The third-order valence-corrected chi connectivity index (χ3v) is 14.6. The van der Waals surface area contributed by atoms with Gasteiger partial charge >= 0.3 is 0 Å². The van der Waals surface area contributed by atoms with E-state index in [1.807, 2.05) is 5.92 Å². The van der Waals surface area contributed by atoms with Crippen LogP contribution in [0.2, 0.25) is 0 Å². The van der Waals surface area contributed by atoms with Gasteiger partial charge in [-0.3, -0.25) is 0 Å². The van der Waals surface area contributed by atoms with Crippen molar-refractivity contribution in [1.82, 2.24) is 0 Å². The number of hydrogen-bond donors (Lipinski definition) is 0. The van der Waals surface area contributed by atoms with Crippen LogP contribution < -0.4 is 0 Å². The maximum atomic E-state index is 2.60. The van der Waals surface area contributed by atoms with Gasteiger partial charge in [-0.15, -0.1) is 0 Å². The summed E-state index contributed by atoms with van der Waals surface area (Å²) in [5.74, 6) is 5.65. The summed E-state index contributed by atoms with van der Waals surface area (Å²) in [6.07, 6.45) is 17.2. The van der Waals surface area contributed by atoms with Crippen molar-refractivity contribution in [2.75, 3.05) is 0 Å². The SMILES string of the molecule is CC12CC3CC(C1)CC(c1ccc(-c4c5ccccc5c(-c5ccc(C67C[C-]8CC(CC(C8)C6)C7)cc5)c5ccccc45)cc1)(C3)C2.[CH3-].[Y]. The van der Waals surface area contributed by atoms with E-state index in [1.54, 1.807) is 11.1 Å². The fourth-order valence-electron chi connectivity index (χ4n) is 13.9. The quantitative estimate of drug-likeness (QED) is 0.128. The van der Waals surface area contributed by atoms with Crippen LogP contribution in [0.25, 0.3) is 43.8 Å². The largest absolute Gasteiger partial charge is 0.358 e. The van der Waals surface area contributed by atoms with E-state index in [9.17, 15) is 0 Å². The zero-order valence-corrected chi connectivity index (χ0v) is 32.4. The molecule has 0 aliphatic heterocycles. The van der Waals surface area contributed by atoms with Gasteiger partial charge in [0.25, 0.3) is 0 Å². The Balaban J connectivity index is 0.00000162. The van der Waals surface area contributed by atoms with Crippen molar-refractivity contribution >= 4 is 21.5 Å². The third-order valence-electron chi connectivity index (χ3n) is 14.6. The molecule has 0 aromatic heterocycles. The normalized spacial score (nSPS) is 33.9. The van der Waals surface area contributed by atoms with Gasteiger partial charge in [0.15, 0.2) is 0 Å². The fourth-order valence-corrected chi connectivity index (χ4v) is 13.9. The van der Waals surface area contributed by atoms with Gasteiger partial charge in [-0.25, -0.2) is 0 Å². The molecule has 0 nitrogen and oxygen atoms in total. The monoisotopic (exact) mass is 715 g/mol. The van der Waals surface area contributed by atoms with Gasteiger partial charge in [0.05, 0.1) is 0 Å². The summed E-state index contributed by atoms with van der Waals surface area (Å²) in [5, 5.41) is 5.49. The summed E-state index contributed by atoms with van der Waals surface area (Å²) in [5.41, 5.74) is 10.1. The summed E-state index contributed by atoms with van der Waals surface area (Å²) < 4.78 is 0. The van der Waals surface area contributed by atoms with E-state index in [1.165, 1.54) is 121 Å². The van der Waals surface area contributed by atoms with Crippen LogP contribution in [0.5, 0.6) is 0 Å². The minimum atomic E-state index is 0. The minimum Gasteiger partial charge on any atom is -0.358 e. The molecule has 247 valence electrons. The van der Waals surface area contributed by atoms with Crippen LogP contribution in [0.15, 0.2) is 97.1 Å². The van der Waals surface area contributed by atoms with E-state index >= 15 is 0 Å².